The fourth-order valence-electron chi connectivity index (χ4n) is 1.66. The Morgan fingerprint density at radius 3 is 2.75 bits per heavy atom. The van der Waals surface area contributed by atoms with Gasteiger partial charge in [0, 0.05) is 12.7 Å². The van der Waals surface area contributed by atoms with Gasteiger partial charge in [0.15, 0.2) is 6.29 Å². The number of hydrogen-bond acceptors (Lipinski definition) is 4. The van der Waals surface area contributed by atoms with Crippen molar-refractivity contribution in [3.63, 3.8) is 0 Å². The summed E-state index contributed by atoms with van der Waals surface area (Å²) in [5.74, 6) is 0. The number of nitrogens with one attached hydrogen (secondary N) is 2. The van der Waals surface area contributed by atoms with Crippen molar-refractivity contribution in [2.24, 2.45) is 0 Å². The summed E-state index contributed by atoms with van der Waals surface area (Å²) in [6.45, 7) is 5.79. The van der Waals surface area contributed by atoms with Crippen molar-refractivity contribution in [1.82, 2.24) is 10.3 Å². The van der Waals surface area contributed by atoms with E-state index in [4.69, 9.17) is 4.74 Å². The summed E-state index contributed by atoms with van der Waals surface area (Å²) in [5, 5.41) is 2.63. The Hall–Kier alpha value is -2.11. The molecule has 0 saturated carbocycles. The molecular weight excluding hydrogens is 260 g/mol. The summed E-state index contributed by atoms with van der Waals surface area (Å²) in [6.07, 6.45) is 2.73. The maximum absolute atomic E-state index is 11.4. The summed E-state index contributed by atoms with van der Waals surface area (Å²) in [6, 6.07) is 1.69. The van der Waals surface area contributed by atoms with Gasteiger partial charge in [-0.25, -0.2) is 4.79 Å². The highest BCUT2D eigenvalue weighted by atomic mass is 16.6. The number of aromatic amines is 1. The third kappa shape index (κ3) is 5.26. The molecule has 20 heavy (non-hydrogen) atoms. The van der Waals surface area contributed by atoms with Crippen LogP contribution in [0.25, 0.3) is 0 Å². The molecule has 1 aromatic rings. The van der Waals surface area contributed by atoms with E-state index in [0.717, 1.165) is 0 Å². The molecule has 0 bridgehead atoms. The van der Waals surface area contributed by atoms with Crippen LogP contribution in [0.15, 0.2) is 17.1 Å². The second-order valence-corrected chi connectivity index (χ2v) is 5.40. The van der Waals surface area contributed by atoms with Crippen molar-refractivity contribution in [2.75, 3.05) is 6.54 Å². The summed E-state index contributed by atoms with van der Waals surface area (Å²) in [7, 11) is 0. The van der Waals surface area contributed by atoms with E-state index in [9.17, 15) is 14.4 Å². The molecule has 0 aliphatic heterocycles. The first-order valence-corrected chi connectivity index (χ1v) is 6.46. The largest absolute Gasteiger partial charge is 0.444 e. The highest BCUT2D eigenvalue weighted by Crippen LogP contribution is 2.07. The fraction of sp³-hybridized carbons (Fsp3) is 0.500. The minimum Gasteiger partial charge on any atom is -0.444 e. The monoisotopic (exact) mass is 280 g/mol. The molecule has 1 aromatic heterocycles. The molecule has 110 valence electrons. The number of carbonyl (C=O) groups excluding carboxylic acids is 2. The maximum atomic E-state index is 11.4. The zero-order valence-corrected chi connectivity index (χ0v) is 12.0. The van der Waals surface area contributed by atoms with E-state index < -0.39 is 17.3 Å². The quantitative estimate of drug-likeness (QED) is 0.634. The summed E-state index contributed by atoms with van der Waals surface area (Å²) in [5.41, 5.74) is -0.0984. The predicted molar refractivity (Wildman–Crippen MR) is 75.0 cm³/mol. The van der Waals surface area contributed by atoms with Crippen LogP contribution in [0.1, 0.15) is 43.1 Å². The molecule has 2 N–H and O–H groups in total. The maximum Gasteiger partial charge on any atom is 0.407 e. The van der Waals surface area contributed by atoms with Crippen molar-refractivity contribution in [1.29, 1.82) is 0 Å². The summed E-state index contributed by atoms with van der Waals surface area (Å²) < 4.78 is 5.09. The van der Waals surface area contributed by atoms with Crippen molar-refractivity contribution in [2.45, 2.75) is 39.2 Å². The van der Waals surface area contributed by atoms with E-state index in [-0.39, 0.29) is 5.56 Å². The molecule has 0 aromatic carbocycles. The van der Waals surface area contributed by atoms with Crippen LogP contribution in [0.5, 0.6) is 0 Å². The van der Waals surface area contributed by atoms with Gasteiger partial charge in [0.1, 0.15) is 5.60 Å². The first-order chi connectivity index (χ1) is 9.33. The van der Waals surface area contributed by atoms with Gasteiger partial charge in [-0.3, -0.25) is 9.59 Å². The minimum absolute atomic E-state index is 0.143. The molecule has 6 nitrogen and oxygen atoms in total. The number of H-pyrrole nitrogens is 1. The molecule has 0 aliphatic carbocycles. The van der Waals surface area contributed by atoms with Crippen LogP contribution in [0.3, 0.4) is 0 Å². The van der Waals surface area contributed by atoms with Crippen LogP contribution in [0, 0.1) is 0 Å². The number of aldehydes is 1. The van der Waals surface area contributed by atoms with Crippen LogP contribution in [-0.4, -0.2) is 29.5 Å². The molecule has 0 atom stereocenters. The number of aromatic nitrogens is 1. The van der Waals surface area contributed by atoms with Gasteiger partial charge < -0.3 is 15.0 Å². The zero-order valence-electron chi connectivity index (χ0n) is 12.0. The lowest BCUT2D eigenvalue weighted by Gasteiger charge is -2.19. The molecular formula is C14H20N2O4. The topological polar surface area (TPSA) is 88.3 Å². The molecule has 1 rings (SSSR count). The van der Waals surface area contributed by atoms with Crippen molar-refractivity contribution >= 4 is 12.4 Å². The summed E-state index contributed by atoms with van der Waals surface area (Å²) >= 11 is 0. The van der Waals surface area contributed by atoms with Gasteiger partial charge in [-0.2, -0.15) is 0 Å². The molecule has 0 aliphatic rings. The van der Waals surface area contributed by atoms with Crippen molar-refractivity contribution < 1.29 is 14.3 Å². The number of aryl methyl sites for hydroxylation is 1. The van der Waals surface area contributed by atoms with E-state index >= 15 is 0 Å². The molecule has 6 heteroatoms. The Kier molecular flexibility index (Phi) is 5.49. The van der Waals surface area contributed by atoms with Crippen molar-refractivity contribution in [3.8, 4) is 0 Å². The standard InChI is InChI=1S/C14H20N2O4/c1-14(2,3)20-13(19)16-7-4-5-10-6-8-15-12(18)11(10)9-17/h6,8-9H,4-5,7H2,1-3H3,(H,15,18)(H,16,19). The Bertz CT molecular complexity index is 529. The van der Waals surface area contributed by atoms with Crippen LogP contribution in [0.2, 0.25) is 0 Å². The number of alkyl carbamates (subject to hydrolysis) is 1. The number of carbonyl (C=O) groups is 2. The lowest BCUT2D eigenvalue weighted by atomic mass is 10.1. The van der Waals surface area contributed by atoms with Crippen LogP contribution in [-0.2, 0) is 11.2 Å². The average molecular weight is 280 g/mol. The smallest absolute Gasteiger partial charge is 0.407 e. The van der Waals surface area contributed by atoms with Gasteiger partial charge >= 0.3 is 6.09 Å². The van der Waals surface area contributed by atoms with E-state index in [0.29, 0.717) is 31.2 Å². The van der Waals surface area contributed by atoms with E-state index in [1.165, 1.54) is 6.20 Å². The van der Waals surface area contributed by atoms with Gasteiger partial charge in [-0.05, 0) is 45.2 Å². The van der Waals surface area contributed by atoms with Gasteiger partial charge in [0.2, 0.25) is 0 Å². The van der Waals surface area contributed by atoms with E-state index in [1.807, 2.05) is 0 Å². The fourth-order valence-corrected chi connectivity index (χ4v) is 1.66. The predicted octanol–water partition coefficient (Wildman–Crippen LogP) is 1.64. The molecule has 0 saturated heterocycles. The normalized spacial score (nSPS) is 10.9. The first-order valence-electron chi connectivity index (χ1n) is 6.46. The number of amides is 1. The Balaban J connectivity index is 2.42. The lowest BCUT2D eigenvalue weighted by Crippen LogP contribution is -2.33. The molecule has 1 heterocycles. The number of hydrogen-bond donors (Lipinski definition) is 2. The second kappa shape index (κ2) is 6.88. The highest BCUT2D eigenvalue weighted by molar-refractivity contribution is 5.76. The Morgan fingerprint density at radius 1 is 1.45 bits per heavy atom. The average Bonchev–Trinajstić information content (AvgIpc) is 2.32. The molecule has 0 radical (unpaired) electrons. The molecule has 0 unspecified atom stereocenters. The third-order valence-electron chi connectivity index (χ3n) is 2.50. The molecule has 0 fully saturated rings. The van der Waals surface area contributed by atoms with Gasteiger partial charge in [-0.1, -0.05) is 0 Å². The first kappa shape index (κ1) is 15.9. The second-order valence-electron chi connectivity index (χ2n) is 5.40. The van der Waals surface area contributed by atoms with Gasteiger partial charge in [0.05, 0.1) is 5.56 Å². The third-order valence-corrected chi connectivity index (χ3v) is 2.50. The number of rotatable bonds is 5. The minimum atomic E-state index is -0.526. The Morgan fingerprint density at radius 2 is 2.15 bits per heavy atom. The number of ether oxygens (including phenoxy) is 1. The number of pyridine rings is 1. The SMILES string of the molecule is CC(C)(C)OC(=O)NCCCc1cc[nH]c(=O)c1C=O. The van der Waals surface area contributed by atoms with Crippen molar-refractivity contribution in [3.05, 3.63) is 33.7 Å². The van der Waals surface area contributed by atoms with E-state index in [2.05, 4.69) is 10.3 Å². The van der Waals surface area contributed by atoms with Crippen LogP contribution >= 0.6 is 0 Å². The van der Waals surface area contributed by atoms with Crippen LogP contribution in [0.4, 0.5) is 4.79 Å². The van der Waals surface area contributed by atoms with E-state index in [1.54, 1.807) is 26.8 Å². The molecule has 1 amide bonds. The van der Waals surface area contributed by atoms with Gasteiger partial charge in [0.25, 0.3) is 5.56 Å². The molecule has 0 spiro atoms. The lowest BCUT2D eigenvalue weighted by molar-refractivity contribution is 0.0527. The Labute approximate surface area is 117 Å². The van der Waals surface area contributed by atoms with Gasteiger partial charge in [-0.15, -0.1) is 0 Å². The summed E-state index contributed by atoms with van der Waals surface area (Å²) in [4.78, 5) is 36.1. The highest BCUT2D eigenvalue weighted by Gasteiger charge is 2.15. The zero-order chi connectivity index (χ0) is 15.2. The van der Waals surface area contributed by atoms with Crippen LogP contribution < -0.4 is 10.9 Å².